The fourth-order valence-corrected chi connectivity index (χ4v) is 2.45. The van der Waals surface area contributed by atoms with E-state index in [1.54, 1.807) is 0 Å². The summed E-state index contributed by atoms with van der Waals surface area (Å²) in [5.74, 6) is 0.457. The number of hydrogen-bond acceptors (Lipinski definition) is 2. The molecule has 1 aliphatic heterocycles. The van der Waals surface area contributed by atoms with E-state index in [9.17, 15) is 4.79 Å². The van der Waals surface area contributed by atoms with Gasteiger partial charge in [-0.15, -0.1) is 0 Å². The number of carbonyl (C=O) groups is 1. The van der Waals surface area contributed by atoms with Crippen molar-refractivity contribution in [1.29, 1.82) is 0 Å². The van der Waals surface area contributed by atoms with Crippen LogP contribution >= 0.6 is 15.9 Å². The lowest BCUT2D eigenvalue weighted by molar-refractivity contribution is 0.0787. The van der Waals surface area contributed by atoms with Gasteiger partial charge in [-0.3, -0.25) is 4.79 Å². The molecule has 0 saturated carbocycles. The van der Waals surface area contributed by atoms with Crippen molar-refractivity contribution in [2.45, 2.75) is 19.9 Å². The van der Waals surface area contributed by atoms with Crippen LogP contribution in [0.25, 0.3) is 0 Å². The molecule has 0 bridgehead atoms. The minimum Gasteiger partial charge on any atom is -0.337 e. The molecular formula is C13H17BrN2O. The molecule has 2 atom stereocenters. The van der Waals surface area contributed by atoms with Crippen LogP contribution in [0, 0.1) is 12.8 Å². The van der Waals surface area contributed by atoms with E-state index in [1.165, 1.54) is 0 Å². The smallest absolute Gasteiger partial charge is 0.253 e. The monoisotopic (exact) mass is 296 g/mol. The highest BCUT2D eigenvalue weighted by atomic mass is 79.9. The molecule has 0 spiro atoms. The van der Waals surface area contributed by atoms with E-state index >= 15 is 0 Å². The van der Waals surface area contributed by atoms with Gasteiger partial charge >= 0.3 is 0 Å². The normalized spacial score (nSPS) is 24.1. The van der Waals surface area contributed by atoms with Crippen LogP contribution in [0.1, 0.15) is 22.8 Å². The van der Waals surface area contributed by atoms with Crippen LogP contribution in [-0.2, 0) is 0 Å². The summed E-state index contributed by atoms with van der Waals surface area (Å²) in [6, 6.07) is 5.81. The van der Waals surface area contributed by atoms with Crippen molar-refractivity contribution in [3.05, 3.63) is 33.8 Å². The van der Waals surface area contributed by atoms with E-state index in [-0.39, 0.29) is 11.9 Å². The first-order valence-corrected chi connectivity index (χ1v) is 6.59. The molecule has 3 nitrogen and oxygen atoms in total. The molecule has 1 aromatic carbocycles. The summed E-state index contributed by atoms with van der Waals surface area (Å²) >= 11 is 3.45. The zero-order valence-corrected chi connectivity index (χ0v) is 11.7. The van der Waals surface area contributed by atoms with Crippen LogP contribution in [0.15, 0.2) is 22.7 Å². The van der Waals surface area contributed by atoms with Gasteiger partial charge in [0.05, 0.1) is 0 Å². The summed E-state index contributed by atoms with van der Waals surface area (Å²) in [5.41, 5.74) is 7.79. The minimum atomic E-state index is 0.0745. The van der Waals surface area contributed by atoms with E-state index in [0.29, 0.717) is 12.5 Å². The Morgan fingerprint density at radius 2 is 2.18 bits per heavy atom. The van der Waals surface area contributed by atoms with Gasteiger partial charge in [0.2, 0.25) is 0 Å². The van der Waals surface area contributed by atoms with Crippen molar-refractivity contribution in [3.8, 4) is 0 Å². The van der Waals surface area contributed by atoms with Crippen LogP contribution in [0.5, 0.6) is 0 Å². The van der Waals surface area contributed by atoms with E-state index < -0.39 is 0 Å². The third-order valence-corrected chi connectivity index (χ3v) is 4.23. The molecule has 1 heterocycles. The van der Waals surface area contributed by atoms with E-state index in [4.69, 9.17) is 5.73 Å². The molecule has 1 aromatic rings. The largest absolute Gasteiger partial charge is 0.337 e. The predicted molar refractivity (Wildman–Crippen MR) is 71.9 cm³/mol. The Bertz CT molecular complexity index is 437. The van der Waals surface area contributed by atoms with Gasteiger partial charge < -0.3 is 10.6 Å². The summed E-state index contributed by atoms with van der Waals surface area (Å²) < 4.78 is 0.972. The Morgan fingerprint density at radius 1 is 1.47 bits per heavy atom. The minimum absolute atomic E-state index is 0.0745. The van der Waals surface area contributed by atoms with Crippen LogP contribution in [0.3, 0.4) is 0 Å². The third kappa shape index (κ3) is 2.53. The predicted octanol–water partition coefficient (Wildman–Crippen LogP) is 2.18. The first kappa shape index (κ1) is 12.6. The maximum atomic E-state index is 12.3. The van der Waals surface area contributed by atoms with Gasteiger partial charge in [-0.2, -0.15) is 0 Å². The van der Waals surface area contributed by atoms with Crippen molar-refractivity contribution >= 4 is 21.8 Å². The van der Waals surface area contributed by atoms with Gasteiger partial charge in [0.1, 0.15) is 0 Å². The number of halogens is 1. The highest BCUT2D eigenvalue weighted by Crippen LogP contribution is 2.21. The fourth-order valence-electron chi connectivity index (χ4n) is 2.07. The zero-order chi connectivity index (χ0) is 12.6. The number of hydrogen-bond donors (Lipinski definition) is 1. The van der Waals surface area contributed by atoms with Gasteiger partial charge in [0, 0.05) is 29.2 Å². The topological polar surface area (TPSA) is 46.3 Å². The van der Waals surface area contributed by atoms with Gasteiger partial charge in [0.15, 0.2) is 0 Å². The molecular weight excluding hydrogens is 280 g/mol. The Balaban J connectivity index is 2.17. The number of carbonyl (C=O) groups excluding carboxylic acids is 1. The van der Waals surface area contributed by atoms with Crippen molar-refractivity contribution in [2.24, 2.45) is 11.7 Å². The quantitative estimate of drug-likeness (QED) is 0.863. The lowest BCUT2D eigenvalue weighted by atomic mass is 10.1. The summed E-state index contributed by atoms with van der Waals surface area (Å²) in [7, 11) is 0. The first-order chi connectivity index (χ1) is 7.99. The average molecular weight is 297 g/mol. The molecule has 1 fully saturated rings. The van der Waals surface area contributed by atoms with Gasteiger partial charge in [0.25, 0.3) is 5.91 Å². The second-order valence-corrected chi connectivity index (χ2v) is 5.67. The van der Waals surface area contributed by atoms with Gasteiger partial charge in [-0.25, -0.2) is 0 Å². The maximum absolute atomic E-state index is 12.3. The molecule has 0 radical (unpaired) electrons. The molecule has 2 unspecified atom stereocenters. The summed E-state index contributed by atoms with van der Waals surface area (Å²) in [6.07, 6.45) is 0. The summed E-state index contributed by atoms with van der Waals surface area (Å²) in [4.78, 5) is 14.1. The molecule has 1 amide bonds. The number of rotatable bonds is 1. The average Bonchev–Trinajstić information content (AvgIpc) is 2.62. The number of nitrogens with zero attached hydrogens (tertiary/aromatic N) is 1. The maximum Gasteiger partial charge on any atom is 0.253 e. The number of likely N-dealkylation sites (tertiary alicyclic amines) is 1. The lowest BCUT2D eigenvalue weighted by Gasteiger charge is -2.16. The fraction of sp³-hybridized carbons (Fsp3) is 0.462. The van der Waals surface area contributed by atoms with Crippen molar-refractivity contribution in [1.82, 2.24) is 4.90 Å². The molecule has 1 saturated heterocycles. The molecule has 0 aromatic heterocycles. The van der Waals surface area contributed by atoms with E-state index in [2.05, 4.69) is 22.9 Å². The van der Waals surface area contributed by atoms with E-state index in [0.717, 1.165) is 22.1 Å². The standard InChI is InChI=1S/C13H17BrN2O/c1-8-3-4-10(5-11(8)14)13(17)16-6-9(2)12(15)7-16/h3-5,9,12H,6-7,15H2,1-2H3. The van der Waals surface area contributed by atoms with Gasteiger partial charge in [-0.05, 0) is 30.5 Å². The van der Waals surface area contributed by atoms with Crippen molar-refractivity contribution in [3.63, 3.8) is 0 Å². The second kappa shape index (κ2) is 4.78. The number of amides is 1. The van der Waals surface area contributed by atoms with Crippen LogP contribution in [0.4, 0.5) is 0 Å². The Hall–Kier alpha value is -0.870. The lowest BCUT2D eigenvalue weighted by Crippen LogP contribution is -2.32. The molecule has 17 heavy (non-hydrogen) atoms. The van der Waals surface area contributed by atoms with Crippen LogP contribution < -0.4 is 5.73 Å². The van der Waals surface area contributed by atoms with E-state index in [1.807, 2.05) is 30.0 Å². The Kier molecular flexibility index (Phi) is 3.54. The number of aryl methyl sites for hydroxylation is 1. The van der Waals surface area contributed by atoms with Gasteiger partial charge in [-0.1, -0.05) is 28.9 Å². The van der Waals surface area contributed by atoms with Crippen molar-refractivity contribution < 1.29 is 4.79 Å². The first-order valence-electron chi connectivity index (χ1n) is 5.80. The highest BCUT2D eigenvalue weighted by molar-refractivity contribution is 9.10. The SMILES string of the molecule is Cc1ccc(C(=O)N2CC(C)C(N)C2)cc1Br. The zero-order valence-electron chi connectivity index (χ0n) is 10.1. The number of nitrogens with two attached hydrogens (primary N) is 1. The molecule has 92 valence electrons. The number of benzene rings is 1. The Labute approximate surface area is 110 Å². The summed E-state index contributed by atoms with van der Waals surface area (Å²) in [5, 5.41) is 0. The summed E-state index contributed by atoms with van der Waals surface area (Å²) in [6.45, 7) is 5.51. The molecule has 4 heteroatoms. The highest BCUT2D eigenvalue weighted by Gasteiger charge is 2.30. The molecule has 1 aliphatic rings. The third-order valence-electron chi connectivity index (χ3n) is 3.38. The molecule has 2 N–H and O–H groups in total. The van der Waals surface area contributed by atoms with Crippen LogP contribution in [0.2, 0.25) is 0 Å². The molecule has 2 rings (SSSR count). The molecule has 0 aliphatic carbocycles. The Morgan fingerprint density at radius 3 is 2.71 bits per heavy atom. The van der Waals surface area contributed by atoms with Crippen LogP contribution in [-0.4, -0.2) is 29.9 Å². The second-order valence-electron chi connectivity index (χ2n) is 4.82. The van der Waals surface area contributed by atoms with Crippen molar-refractivity contribution in [2.75, 3.05) is 13.1 Å².